The number of amides is 1. The highest BCUT2D eigenvalue weighted by molar-refractivity contribution is 6.03. The number of hydrogen-bond acceptors (Lipinski definition) is 7. The molecule has 174 valence electrons. The molecule has 1 aliphatic rings. The second kappa shape index (κ2) is 7.99. The third-order valence-corrected chi connectivity index (χ3v) is 5.98. The minimum atomic E-state index is -2.32. The first-order chi connectivity index (χ1) is 16.4. The predicted octanol–water partition coefficient (Wildman–Crippen LogP) is 2.44. The maximum Gasteiger partial charge on any atom is 0.261 e. The molecule has 0 spiro atoms. The Bertz CT molecular complexity index is 1350. The van der Waals surface area contributed by atoms with Crippen molar-refractivity contribution in [2.45, 2.75) is 25.4 Å². The Hall–Kier alpha value is -4.19. The molecule has 2 aromatic carbocycles. The molecule has 12 heteroatoms. The van der Waals surface area contributed by atoms with Crippen molar-refractivity contribution in [1.29, 1.82) is 0 Å². The van der Waals surface area contributed by atoms with Gasteiger partial charge in [-0.25, -0.2) is 28.1 Å². The summed E-state index contributed by atoms with van der Waals surface area (Å²) in [5, 5.41) is 20.4. The van der Waals surface area contributed by atoms with Crippen molar-refractivity contribution in [2.75, 3.05) is 11.9 Å². The molecule has 5 rings (SSSR count). The van der Waals surface area contributed by atoms with Crippen LogP contribution in [0, 0.1) is 11.6 Å². The van der Waals surface area contributed by atoms with E-state index in [9.17, 15) is 14.3 Å². The predicted molar refractivity (Wildman–Crippen MR) is 116 cm³/mol. The fourth-order valence-corrected chi connectivity index (χ4v) is 4.34. The van der Waals surface area contributed by atoms with Gasteiger partial charge in [-0.2, -0.15) is 10.2 Å². The van der Waals surface area contributed by atoms with Crippen LogP contribution in [0.3, 0.4) is 0 Å². The van der Waals surface area contributed by atoms with Crippen molar-refractivity contribution in [3.8, 4) is 5.69 Å². The van der Waals surface area contributed by atoms with Crippen LogP contribution in [0.2, 0.25) is 0 Å². The zero-order valence-corrected chi connectivity index (χ0v) is 18.2. The SMILES string of the molecule is CCC(N1C(=O)c2ccc(-n3cncn3)cc2N(C)C1(O)c1ccc(F)cc1F)n1cncn1. The first-order valence-corrected chi connectivity index (χ1v) is 10.4. The molecule has 1 aliphatic heterocycles. The Balaban J connectivity index is 1.75. The zero-order valence-electron chi connectivity index (χ0n) is 18.2. The van der Waals surface area contributed by atoms with Crippen LogP contribution in [0.4, 0.5) is 14.5 Å². The Morgan fingerprint density at radius 2 is 1.82 bits per heavy atom. The molecular formula is C22H20F2N8O2. The number of carbonyl (C=O) groups is 1. The molecule has 0 saturated heterocycles. The average molecular weight is 466 g/mol. The van der Waals surface area contributed by atoms with Crippen molar-refractivity contribution >= 4 is 11.6 Å². The highest BCUT2D eigenvalue weighted by Gasteiger charge is 2.53. The van der Waals surface area contributed by atoms with E-state index in [0.29, 0.717) is 23.9 Å². The summed E-state index contributed by atoms with van der Waals surface area (Å²) in [5.41, 5.74) is 0.890. The highest BCUT2D eigenvalue weighted by Crippen LogP contribution is 2.45. The van der Waals surface area contributed by atoms with Crippen LogP contribution in [0.25, 0.3) is 5.69 Å². The summed E-state index contributed by atoms with van der Waals surface area (Å²) < 4.78 is 31.8. The molecule has 0 radical (unpaired) electrons. The molecule has 1 N–H and O–H groups in total. The average Bonchev–Trinajstić information content (AvgIpc) is 3.55. The van der Waals surface area contributed by atoms with Crippen LogP contribution in [0.15, 0.2) is 61.7 Å². The fraction of sp³-hybridized carbons (Fsp3) is 0.227. The lowest BCUT2D eigenvalue weighted by molar-refractivity contribution is -0.132. The molecule has 1 amide bonds. The molecule has 10 nitrogen and oxygen atoms in total. The van der Waals surface area contributed by atoms with Crippen LogP contribution in [0.5, 0.6) is 0 Å². The fourth-order valence-electron chi connectivity index (χ4n) is 4.34. The summed E-state index contributed by atoms with van der Waals surface area (Å²) in [6.07, 6.45) is 5.06. The minimum Gasteiger partial charge on any atom is -0.350 e. The molecule has 0 fully saturated rings. The van der Waals surface area contributed by atoms with E-state index < -0.39 is 29.6 Å². The normalized spacial score (nSPS) is 18.8. The Morgan fingerprint density at radius 1 is 1.06 bits per heavy atom. The number of aliphatic hydroxyl groups is 1. The summed E-state index contributed by atoms with van der Waals surface area (Å²) in [6, 6.07) is 7.76. The van der Waals surface area contributed by atoms with Gasteiger partial charge < -0.3 is 10.0 Å². The van der Waals surface area contributed by atoms with E-state index in [1.807, 2.05) is 0 Å². The van der Waals surface area contributed by atoms with Gasteiger partial charge in [0.05, 0.1) is 22.5 Å². The number of nitrogens with zero attached hydrogens (tertiary/aromatic N) is 8. The van der Waals surface area contributed by atoms with E-state index in [2.05, 4.69) is 20.2 Å². The molecule has 2 unspecified atom stereocenters. The summed E-state index contributed by atoms with van der Waals surface area (Å²) in [6.45, 7) is 1.80. The first kappa shape index (κ1) is 21.6. The number of fused-ring (bicyclic) bond motifs is 1. The van der Waals surface area contributed by atoms with Gasteiger partial charge in [-0.15, -0.1) is 0 Å². The lowest BCUT2D eigenvalue weighted by Gasteiger charge is -2.52. The first-order valence-electron chi connectivity index (χ1n) is 10.4. The second-order valence-electron chi connectivity index (χ2n) is 7.80. The molecular weight excluding hydrogens is 446 g/mol. The lowest BCUT2D eigenvalue weighted by Crippen LogP contribution is -2.64. The van der Waals surface area contributed by atoms with Crippen LogP contribution in [0.1, 0.15) is 35.4 Å². The summed E-state index contributed by atoms with van der Waals surface area (Å²) in [7, 11) is 1.53. The van der Waals surface area contributed by atoms with Gasteiger partial charge in [0, 0.05) is 13.1 Å². The molecule has 3 heterocycles. The topological polar surface area (TPSA) is 105 Å². The Labute approximate surface area is 192 Å². The summed E-state index contributed by atoms with van der Waals surface area (Å²) >= 11 is 0. The number of benzene rings is 2. The van der Waals surface area contributed by atoms with Gasteiger partial charge in [0.1, 0.15) is 43.1 Å². The van der Waals surface area contributed by atoms with Crippen molar-refractivity contribution < 1.29 is 18.7 Å². The lowest BCUT2D eigenvalue weighted by atomic mass is 9.97. The molecule has 2 aromatic heterocycles. The van der Waals surface area contributed by atoms with E-state index in [4.69, 9.17) is 0 Å². The number of carbonyl (C=O) groups excluding carboxylic acids is 1. The second-order valence-corrected chi connectivity index (χ2v) is 7.80. The standard InChI is InChI=1S/C22H20F2N8O2/c1-3-20(31-13-26-11-28-31)32-21(33)16-6-5-15(30-12-25-10-27-30)9-19(16)29(2)22(32,34)17-7-4-14(23)8-18(17)24/h4-13,20,34H,3H2,1-2H3. The van der Waals surface area contributed by atoms with E-state index in [1.54, 1.807) is 25.1 Å². The number of halogens is 2. The van der Waals surface area contributed by atoms with E-state index >= 15 is 4.39 Å². The van der Waals surface area contributed by atoms with Gasteiger partial charge in [0.25, 0.3) is 11.8 Å². The minimum absolute atomic E-state index is 0.275. The van der Waals surface area contributed by atoms with Crippen molar-refractivity contribution in [3.63, 3.8) is 0 Å². The molecule has 4 aromatic rings. The van der Waals surface area contributed by atoms with E-state index in [1.165, 1.54) is 46.6 Å². The van der Waals surface area contributed by atoms with Gasteiger partial charge in [-0.1, -0.05) is 6.92 Å². The number of aromatic nitrogens is 6. The third kappa shape index (κ3) is 3.14. The van der Waals surface area contributed by atoms with Gasteiger partial charge >= 0.3 is 0 Å². The van der Waals surface area contributed by atoms with Crippen LogP contribution >= 0.6 is 0 Å². The van der Waals surface area contributed by atoms with Crippen molar-refractivity contribution in [2.24, 2.45) is 0 Å². The monoisotopic (exact) mass is 466 g/mol. The zero-order chi connectivity index (χ0) is 24.0. The van der Waals surface area contributed by atoms with Crippen molar-refractivity contribution in [3.05, 3.63) is 84.5 Å². The van der Waals surface area contributed by atoms with Gasteiger partial charge in [-0.05, 0) is 36.8 Å². The highest BCUT2D eigenvalue weighted by atomic mass is 19.1. The number of hydrogen-bond donors (Lipinski definition) is 1. The van der Waals surface area contributed by atoms with Gasteiger partial charge in [0.15, 0.2) is 0 Å². The van der Waals surface area contributed by atoms with Crippen LogP contribution < -0.4 is 4.90 Å². The molecule has 2 atom stereocenters. The molecule has 0 saturated carbocycles. The van der Waals surface area contributed by atoms with E-state index in [-0.39, 0.29) is 11.1 Å². The molecule has 0 bridgehead atoms. The maximum atomic E-state index is 15.1. The largest absolute Gasteiger partial charge is 0.350 e. The third-order valence-electron chi connectivity index (χ3n) is 5.98. The Morgan fingerprint density at radius 3 is 2.47 bits per heavy atom. The summed E-state index contributed by atoms with van der Waals surface area (Å²) in [4.78, 5) is 24.3. The molecule has 34 heavy (non-hydrogen) atoms. The summed E-state index contributed by atoms with van der Waals surface area (Å²) in [5.74, 6) is -4.70. The van der Waals surface area contributed by atoms with Gasteiger partial charge in [-0.3, -0.25) is 9.69 Å². The van der Waals surface area contributed by atoms with Crippen LogP contribution in [-0.4, -0.2) is 52.5 Å². The number of anilines is 1. The number of rotatable bonds is 5. The van der Waals surface area contributed by atoms with Crippen LogP contribution in [-0.2, 0) is 5.85 Å². The quantitative estimate of drug-likeness (QED) is 0.482. The maximum absolute atomic E-state index is 15.1. The van der Waals surface area contributed by atoms with E-state index in [0.717, 1.165) is 17.0 Å². The molecule has 0 aliphatic carbocycles. The smallest absolute Gasteiger partial charge is 0.261 e. The Kier molecular flexibility index (Phi) is 5.09. The van der Waals surface area contributed by atoms with Crippen molar-refractivity contribution in [1.82, 2.24) is 34.4 Å². The van der Waals surface area contributed by atoms with Gasteiger partial charge in [0.2, 0.25) is 0 Å².